The number of ether oxygens (including phenoxy) is 2. The number of benzene rings is 2. The van der Waals surface area contributed by atoms with Gasteiger partial charge >= 0.3 is 0 Å². The number of fused-ring (bicyclic) bond motifs is 2. The molecule has 8 rings (SSSR count). The standard InChI is InChI=1S/2C24H21ClN2O2S/c2*1-15(2)21-6-7-22(30-21)17-10-18-11-19(29-24(18)20(25)12-17)14-27-23(28)8-5-16-4-3-9-26-13-16/h2*3-10,12-13,19H,1,11,14H2,2H3,(H,27,28)/b2*8-5+/t2*19-/m10/s1. The first-order valence-electron chi connectivity index (χ1n) is 19.2. The number of carbonyl (C=O) groups excluding carboxylic acids is 2. The summed E-state index contributed by atoms with van der Waals surface area (Å²) in [7, 11) is 0. The van der Waals surface area contributed by atoms with E-state index in [2.05, 4.69) is 70.2 Å². The van der Waals surface area contributed by atoms with Gasteiger partial charge in [0.1, 0.15) is 23.7 Å². The second-order valence-corrected chi connectivity index (χ2v) is 17.4. The number of amides is 2. The number of aromatic nitrogens is 2. The van der Waals surface area contributed by atoms with Gasteiger partial charge < -0.3 is 20.1 Å². The molecule has 0 saturated carbocycles. The van der Waals surface area contributed by atoms with Gasteiger partial charge in [-0.1, -0.05) is 48.5 Å². The maximum atomic E-state index is 12.1. The molecule has 2 aliphatic heterocycles. The van der Waals surface area contributed by atoms with Crippen molar-refractivity contribution in [2.45, 2.75) is 38.9 Å². The average molecular weight is 874 g/mol. The first-order chi connectivity index (χ1) is 29.0. The number of pyridine rings is 2. The molecule has 2 atom stereocenters. The van der Waals surface area contributed by atoms with E-state index in [0.717, 1.165) is 64.0 Å². The van der Waals surface area contributed by atoms with Crippen LogP contribution in [0.3, 0.4) is 0 Å². The van der Waals surface area contributed by atoms with Crippen molar-refractivity contribution in [3.63, 3.8) is 0 Å². The molecule has 0 fully saturated rings. The van der Waals surface area contributed by atoms with E-state index in [4.69, 9.17) is 32.7 Å². The Morgan fingerprint density at radius 3 is 1.50 bits per heavy atom. The average Bonchev–Trinajstić information content (AvgIpc) is 4.08. The molecule has 2 aliphatic rings. The molecule has 0 spiro atoms. The van der Waals surface area contributed by atoms with Gasteiger partial charge in [0.05, 0.1) is 23.1 Å². The van der Waals surface area contributed by atoms with Crippen molar-refractivity contribution in [1.82, 2.24) is 20.6 Å². The summed E-state index contributed by atoms with van der Waals surface area (Å²) in [6.07, 6.45) is 14.4. The highest BCUT2D eigenvalue weighted by molar-refractivity contribution is 7.16. The van der Waals surface area contributed by atoms with Crippen molar-refractivity contribution >= 4 is 81.0 Å². The molecular formula is C48H42Cl2N4O4S2. The largest absolute Gasteiger partial charge is 0.486 e. The highest BCUT2D eigenvalue weighted by Gasteiger charge is 2.28. The van der Waals surface area contributed by atoms with Gasteiger partial charge in [0.2, 0.25) is 11.8 Å². The van der Waals surface area contributed by atoms with Crippen LogP contribution in [0.4, 0.5) is 0 Å². The van der Waals surface area contributed by atoms with E-state index in [1.54, 1.807) is 59.6 Å². The summed E-state index contributed by atoms with van der Waals surface area (Å²) in [6, 6.07) is 23.9. The molecule has 60 heavy (non-hydrogen) atoms. The minimum absolute atomic E-state index is 0.141. The van der Waals surface area contributed by atoms with Crippen molar-refractivity contribution < 1.29 is 19.1 Å². The molecule has 0 saturated heterocycles. The number of nitrogens with one attached hydrogen (secondary N) is 2. The molecule has 0 radical (unpaired) electrons. The topological polar surface area (TPSA) is 102 Å². The number of allylic oxidation sites excluding steroid dienone is 2. The lowest BCUT2D eigenvalue weighted by atomic mass is 10.1. The van der Waals surface area contributed by atoms with E-state index in [1.807, 2.05) is 50.2 Å². The molecular weight excluding hydrogens is 832 g/mol. The predicted molar refractivity (Wildman–Crippen MR) is 248 cm³/mol. The fourth-order valence-corrected chi connectivity index (χ4v) is 8.98. The predicted octanol–water partition coefficient (Wildman–Crippen LogP) is 11.3. The molecule has 6 heterocycles. The summed E-state index contributed by atoms with van der Waals surface area (Å²) in [5.41, 5.74) is 8.12. The highest BCUT2D eigenvalue weighted by Crippen LogP contribution is 2.43. The smallest absolute Gasteiger partial charge is 0.244 e. The van der Waals surface area contributed by atoms with E-state index in [0.29, 0.717) is 47.5 Å². The lowest BCUT2D eigenvalue weighted by Gasteiger charge is -2.11. The SMILES string of the molecule is C=C(C)c1ccc(-c2cc(Cl)c3c(c2)C[C@@H](CNC(=O)/C=C/c2cccnc2)O3)s1.C=C(C)c1ccc(-c2cc(Cl)c3c(c2)C[C@H](CNC(=O)/C=C/c2cccnc2)O3)s1. The number of nitrogens with zero attached hydrogens (tertiary/aromatic N) is 2. The summed E-state index contributed by atoms with van der Waals surface area (Å²) in [5, 5.41) is 6.97. The Morgan fingerprint density at radius 1 is 0.700 bits per heavy atom. The number of hydrogen-bond acceptors (Lipinski definition) is 8. The normalized spacial score (nSPS) is 15.1. The van der Waals surface area contributed by atoms with Gasteiger partial charge in [-0.25, -0.2) is 0 Å². The van der Waals surface area contributed by atoms with E-state index >= 15 is 0 Å². The Balaban J connectivity index is 0.000000181. The zero-order valence-corrected chi connectivity index (χ0v) is 36.2. The maximum absolute atomic E-state index is 12.1. The number of rotatable bonds is 12. The maximum Gasteiger partial charge on any atom is 0.244 e. The fraction of sp³-hybridized carbons (Fsp3) is 0.167. The van der Waals surface area contributed by atoms with Crippen molar-refractivity contribution in [2.75, 3.05) is 13.1 Å². The summed E-state index contributed by atoms with van der Waals surface area (Å²) in [4.78, 5) is 36.9. The minimum atomic E-state index is -0.170. The molecule has 2 aromatic carbocycles. The van der Waals surface area contributed by atoms with Crippen molar-refractivity contribution in [2.24, 2.45) is 0 Å². The Morgan fingerprint density at radius 2 is 1.13 bits per heavy atom. The van der Waals surface area contributed by atoms with Crippen LogP contribution in [0, 0.1) is 0 Å². The monoisotopic (exact) mass is 872 g/mol. The quantitative estimate of drug-likeness (QED) is 0.119. The third-order valence-electron chi connectivity index (χ3n) is 9.56. The molecule has 2 N–H and O–H groups in total. The van der Waals surface area contributed by atoms with Crippen molar-refractivity contribution in [3.05, 3.63) is 165 Å². The van der Waals surface area contributed by atoms with Gasteiger partial charge in [-0.2, -0.15) is 0 Å². The van der Waals surface area contributed by atoms with Gasteiger partial charge in [-0.05, 0) is 120 Å². The van der Waals surface area contributed by atoms with Gasteiger partial charge in [0, 0.05) is 80.4 Å². The van der Waals surface area contributed by atoms with Gasteiger partial charge in [-0.15, -0.1) is 22.7 Å². The number of thiophene rings is 2. The summed E-state index contributed by atoms with van der Waals surface area (Å²) in [6.45, 7) is 12.8. The first kappa shape index (κ1) is 42.3. The molecule has 0 aliphatic carbocycles. The second-order valence-electron chi connectivity index (χ2n) is 14.4. The lowest BCUT2D eigenvalue weighted by molar-refractivity contribution is -0.117. The Hall–Kier alpha value is -5.78. The number of halogens is 2. The Labute approximate surface area is 367 Å². The zero-order chi connectivity index (χ0) is 42.2. The Kier molecular flexibility index (Phi) is 13.8. The van der Waals surface area contributed by atoms with E-state index < -0.39 is 0 Å². The van der Waals surface area contributed by atoms with Crippen LogP contribution < -0.4 is 20.1 Å². The first-order valence-corrected chi connectivity index (χ1v) is 21.6. The van der Waals surface area contributed by atoms with Crippen LogP contribution in [-0.4, -0.2) is 47.1 Å². The minimum Gasteiger partial charge on any atom is -0.486 e. The molecule has 0 bridgehead atoms. The van der Waals surface area contributed by atoms with Gasteiger partial charge in [0.15, 0.2) is 0 Å². The molecule has 12 heteroatoms. The van der Waals surface area contributed by atoms with Crippen LogP contribution in [0.1, 0.15) is 45.9 Å². The van der Waals surface area contributed by atoms with Crippen molar-refractivity contribution in [1.29, 1.82) is 0 Å². The third kappa shape index (κ3) is 10.9. The summed E-state index contributed by atoms with van der Waals surface area (Å²) < 4.78 is 12.0. The fourth-order valence-electron chi connectivity index (χ4n) is 6.57. The molecule has 8 nitrogen and oxygen atoms in total. The molecule has 4 aromatic heterocycles. The van der Waals surface area contributed by atoms with Crippen molar-refractivity contribution in [3.8, 4) is 32.4 Å². The molecule has 0 unspecified atom stereocenters. The molecule has 6 aromatic rings. The van der Waals surface area contributed by atoms with E-state index in [1.165, 1.54) is 12.2 Å². The second kappa shape index (κ2) is 19.5. The third-order valence-corrected chi connectivity index (χ3v) is 12.7. The van der Waals surface area contributed by atoms with Crippen LogP contribution >= 0.6 is 45.9 Å². The van der Waals surface area contributed by atoms with E-state index in [-0.39, 0.29) is 24.0 Å². The van der Waals surface area contributed by atoms with Gasteiger partial charge in [-0.3, -0.25) is 19.6 Å². The number of carbonyl (C=O) groups is 2. The highest BCUT2D eigenvalue weighted by atomic mass is 35.5. The van der Waals surface area contributed by atoms with Crippen LogP contribution in [-0.2, 0) is 22.4 Å². The zero-order valence-electron chi connectivity index (χ0n) is 33.0. The lowest BCUT2D eigenvalue weighted by Crippen LogP contribution is -2.33. The molecule has 2 amide bonds. The van der Waals surface area contributed by atoms with Crippen LogP contribution in [0.2, 0.25) is 10.0 Å². The summed E-state index contributed by atoms with van der Waals surface area (Å²) in [5.74, 6) is 1.08. The Bertz CT molecular complexity index is 2420. The van der Waals surface area contributed by atoms with Crippen LogP contribution in [0.5, 0.6) is 11.5 Å². The van der Waals surface area contributed by atoms with Gasteiger partial charge in [0.25, 0.3) is 0 Å². The van der Waals surface area contributed by atoms with Crippen LogP contribution in [0.15, 0.2) is 123 Å². The summed E-state index contributed by atoms with van der Waals surface area (Å²) >= 11 is 16.4. The number of hydrogen-bond donors (Lipinski definition) is 2. The van der Waals surface area contributed by atoms with E-state index in [9.17, 15) is 9.59 Å². The van der Waals surface area contributed by atoms with Crippen LogP contribution in [0.25, 0.3) is 44.2 Å². The molecule has 304 valence electrons.